The highest BCUT2D eigenvalue weighted by molar-refractivity contribution is 7.10. The van der Waals surface area contributed by atoms with Crippen molar-refractivity contribution in [1.29, 1.82) is 0 Å². The molecule has 2 aromatic rings. The zero-order valence-corrected chi connectivity index (χ0v) is 14.3. The van der Waals surface area contributed by atoms with E-state index in [1.54, 1.807) is 11.3 Å². The van der Waals surface area contributed by atoms with E-state index in [0.717, 1.165) is 30.6 Å². The molecular weight excluding hydrogens is 320 g/mol. The Morgan fingerprint density at radius 3 is 3.09 bits per heavy atom. The lowest BCUT2D eigenvalue weighted by Crippen LogP contribution is -2.39. The molecule has 0 fully saturated rings. The lowest BCUT2D eigenvalue weighted by Gasteiger charge is -2.35. The Bertz CT molecular complexity index is 660. The molecule has 0 aromatic carbocycles. The van der Waals surface area contributed by atoms with E-state index in [0.29, 0.717) is 18.1 Å². The van der Waals surface area contributed by atoms with Crippen LogP contribution in [0.2, 0.25) is 5.22 Å². The molecule has 2 aromatic heterocycles. The third-order valence-corrected chi connectivity index (χ3v) is 5.62. The standard InChI is InChI=1S/C16H19ClN2O2S/c1-3-13-12-7-9-22-14(12)6-8-19(13)15(20)5-4-11-10(2)18-21-16(11)17/h7,9,13H,3-6,8H2,1-2H3/t13-/m1/s1. The van der Waals surface area contributed by atoms with E-state index in [4.69, 9.17) is 16.1 Å². The maximum absolute atomic E-state index is 12.7. The molecule has 0 bridgehead atoms. The first-order chi connectivity index (χ1) is 10.6. The minimum Gasteiger partial charge on any atom is -0.344 e. The van der Waals surface area contributed by atoms with Crippen LogP contribution in [0.3, 0.4) is 0 Å². The van der Waals surface area contributed by atoms with E-state index in [-0.39, 0.29) is 11.9 Å². The predicted molar refractivity (Wildman–Crippen MR) is 87.3 cm³/mol. The van der Waals surface area contributed by atoms with Crippen LogP contribution in [0.4, 0.5) is 0 Å². The topological polar surface area (TPSA) is 46.3 Å². The molecule has 1 amide bonds. The van der Waals surface area contributed by atoms with Gasteiger partial charge in [-0.05, 0) is 54.8 Å². The summed E-state index contributed by atoms with van der Waals surface area (Å²) < 4.78 is 4.94. The number of aryl methyl sites for hydroxylation is 1. The van der Waals surface area contributed by atoms with Crippen LogP contribution >= 0.6 is 22.9 Å². The summed E-state index contributed by atoms with van der Waals surface area (Å²) in [4.78, 5) is 16.1. The van der Waals surface area contributed by atoms with E-state index in [9.17, 15) is 4.79 Å². The summed E-state index contributed by atoms with van der Waals surface area (Å²) >= 11 is 7.77. The van der Waals surface area contributed by atoms with E-state index < -0.39 is 0 Å². The summed E-state index contributed by atoms with van der Waals surface area (Å²) in [7, 11) is 0. The molecule has 0 spiro atoms. The summed E-state index contributed by atoms with van der Waals surface area (Å²) in [5.41, 5.74) is 2.94. The van der Waals surface area contributed by atoms with E-state index in [1.807, 2.05) is 11.8 Å². The quantitative estimate of drug-likeness (QED) is 0.840. The van der Waals surface area contributed by atoms with E-state index >= 15 is 0 Å². The van der Waals surface area contributed by atoms with Crippen LogP contribution in [0.25, 0.3) is 0 Å². The average molecular weight is 339 g/mol. The number of carbonyl (C=O) groups excluding carboxylic acids is 1. The maximum atomic E-state index is 12.7. The molecule has 0 unspecified atom stereocenters. The van der Waals surface area contributed by atoms with Gasteiger partial charge in [0.05, 0.1) is 11.7 Å². The van der Waals surface area contributed by atoms with Crippen molar-refractivity contribution < 1.29 is 9.32 Å². The fourth-order valence-electron chi connectivity index (χ4n) is 3.15. The van der Waals surface area contributed by atoms with Gasteiger partial charge < -0.3 is 9.42 Å². The number of hydrogen-bond acceptors (Lipinski definition) is 4. The third kappa shape index (κ3) is 2.79. The minimum absolute atomic E-state index is 0.181. The Morgan fingerprint density at radius 1 is 1.59 bits per heavy atom. The van der Waals surface area contributed by atoms with Crippen LogP contribution in [-0.2, 0) is 17.6 Å². The van der Waals surface area contributed by atoms with Crippen LogP contribution in [0.1, 0.15) is 47.5 Å². The Morgan fingerprint density at radius 2 is 2.41 bits per heavy atom. The fourth-order valence-corrected chi connectivity index (χ4v) is 4.34. The smallest absolute Gasteiger partial charge is 0.229 e. The molecule has 0 radical (unpaired) electrons. The first kappa shape index (κ1) is 15.6. The van der Waals surface area contributed by atoms with Gasteiger partial charge in [0.2, 0.25) is 11.1 Å². The summed E-state index contributed by atoms with van der Waals surface area (Å²) in [6, 6.07) is 2.37. The summed E-state index contributed by atoms with van der Waals surface area (Å²) in [5, 5.41) is 6.26. The molecule has 0 saturated heterocycles. The van der Waals surface area contributed by atoms with Crippen molar-refractivity contribution in [3.63, 3.8) is 0 Å². The zero-order valence-electron chi connectivity index (χ0n) is 12.8. The Balaban J connectivity index is 1.70. The number of carbonyl (C=O) groups is 1. The number of rotatable bonds is 4. The van der Waals surface area contributed by atoms with Gasteiger partial charge in [-0.1, -0.05) is 12.1 Å². The van der Waals surface area contributed by atoms with Crippen molar-refractivity contribution in [3.05, 3.63) is 38.4 Å². The van der Waals surface area contributed by atoms with Gasteiger partial charge in [0.25, 0.3) is 0 Å². The lowest BCUT2D eigenvalue weighted by molar-refractivity contribution is -0.134. The number of nitrogens with zero attached hydrogens (tertiary/aromatic N) is 2. The van der Waals surface area contributed by atoms with Crippen molar-refractivity contribution in [2.45, 2.75) is 45.6 Å². The van der Waals surface area contributed by atoms with Crippen LogP contribution in [0.15, 0.2) is 16.0 Å². The molecule has 0 saturated carbocycles. The normalized spacial score (nSPS) is 17.6. The number of amides is 1. The first-order valence-corrected chi connectivity index (χ1v) is 8.84. The van der Waals surface area contributed by atoms with Crippen LogP contribution in [-0.4, -0.2) is 22.5 Å². The third-order valence-electron chi connectivity index (χ3n) is 4.33. The monoisotopic (exact) mass is 338 g/mol. The highest BCUT2D eigenvalue weighted by Gasteiger charge is 2.30. The predicted octanol–water partition coefficient (Wildman–Crippen LogP) is 4.17. The molecule has 3 rings (SSSR count). The van der Waals surface area contributed by atoms with Gasteiger partial charge in [0.15, 0.2) is 0 Å². The molecule has 1 atom stereocenters. The highest BCUT2D eigenvalue weighted by atomic mass is 35.5. The fraction of sp³-hybridized carbons (Fsp3) is 0.500. The van der Waals surface area contributed by atoms with Crippen LogP contribution in [0, 0.1) is 6.92 Å². The van der Waals surface area contributed by atoms with Gasteiger partial charge in [0.1, 0.15) is 0 Å². The largest absolute Gasteiger partial charge is 0.344 e. The molecule has 4 nitrogen and oxygen atoms in total. The molecule has 6 heteroatoms. The van der Waals surface area contributed by atoms with Gasteiger partial charge in [-0.2, -0.15) is 0 Å². The molecule has 1 aliphatic rings. The maximum Gasteiger partial charge on any atom is 0.229 e. The van der Waals surface area contributed by atoms with Gasteiger partial charge in [-0.3, -0.25) is 4.79 Å². The van der Waals surface area contributed by atoms with E-state index in [1.165, 1.54) is 10.4 Å². The Labute approximate surface area is 139 Å². The summed E-state index contributed by atoms with van der Waals surface area (Å²) in [6.45, 7) is 4.79. The van der Waals surface area contributed by atoms with Crippen molar-refractivity contribution in [3.8, 4) is 0 Å². The number of halogens is 1. The molecule has 22 heavy (non-hydrogen) atoms. The molecule has 3 heterocycles. The molecule has 1 aliphatic heterocycles. The van der Waals surface area contributed by atoms with Crippen molar-refractivity contribution in [1.82, 2.24) is 10.1 Å². The Kier molecular flexibility index (Phi) is 4.54. The number of aromatic nitrogens is 1. The second-order valence-corrected chi connectivity index (χ2v) is 6.92. The first-order valence-electron chi connectivity index (χ1n) is 7.58. The van der Waals surface area contributed by atoms with Gasteiger partial charge in [-0.25, -0.2) is 0 Å². The summed E-state index contributed by atoms with van der Waals surface area (Å²) in [5.74, 6) is 0.181. The van der Waals surface area contributed by atoms with Gasteiger partial charge >= 0.3 is 0 Å². The average Bonchev–Trinajstić information content (AvgIpc) is 3.11. The van der Waals surface area contributed by atoms with Gasteiger partial charge in [0, 0.05) is 23.4 Å². The van der Waals surface area contributed by atoms with Crippen molar-refractivity contribution in [2.75, 3.05) is 6.54 Å². The van der Waals surface area contributed by atoms with Crippen LogP contribution < -0.4 is 0 Å². The number of thiophene rings is 1. The minimum atomic E-state index is 0.181. The molecule has 118 valence electrons. The zero-order chi connectivity index (χ0) is 15.7. The molecule has 0 N–H and O–H groups in total. The Hall–Kier alpha value is -1.33. The van der Waals surface area contributed by atoms with Crippen LogP contribution in [0.5, 0.6) is 0 Å². The van der Waals surface area contributed by atoms with E-state index in [2.05, 4.69) is 23.5 Å². The molecule has 0 aliphatic carbocycles. The SMILES string of the molecule is CC[C@@H]1c2ccsc2CCN1C(=O)CCc1c(C)noc1Cl. The second-order valence-electron chi connectivity index (χ2n) is 5.58. The summed E-state index contributed by atoms with van der Waals surface area (Å²) in [6.07, 6.45) is 2.93. The highest BCUT2D eigenvalue weighted by Crippen LogP contribution is 2.35. The number of hydrogen-bond donors (Lipinski definition) is 0. The van der Waals surface area contributed by atoms with Crippen molar-refractivity contribution in [2.24, 2.45) is 0 Å². The molecular formula is C16H19ClN2O2S. The number of fused-ring (bicyclic) bond motifs is 1. The van der Waals surface area contributed by atoms with Crippen molar-refractivity contribution >= 4 is 28.8 Å². The lowest BCUT2D eigenvalue weighted by atomic mass is 9.97. The second kappa shape index (κ2) is 6.42. The van der Waals surface area contributed by atoms with Gasteiger partial charge in [-0.15, -0.1) is 11.3 Å².